The van der Waals surface area contributed by atoms with E-state index in [-0.39, 0.29) is 5.91 Å². The van der Waals surface area contributed by atoms with Gasteiger partial charge in [-0.2, -0.15) is 0 Å². The van der Waals surface area contributed by atoms with Crippen molar-refractivity contribution in [1.82, 2.24) is 29.7 Å². The van der Waals surface area contributed by atoms with Crippen LogP contribution in [0.2, 0.25) is 0 Å². The molecule has 0 bridgehead atoms. The summed E-state index contributed by atoms with van der Waals surface area (Å²) in [6.45, 7) is 4.01. The van der Waals surface area contributed by atoms with Crippen LogP contribution in [0.5, 0.6) is 0 Å². The molecule has 0 aliphatic carbocycles. The maximum absolute atomic E-state index is 12.8. The van der Waals surface area contributed by atoms with Gasteiger partial charge in [0.05, 0.1) is 29.6 Å². The number of aromatic amines is 2. The van der Waals surface area contributed by atoms with Crippen LogP contribution in [0.4, 0.5) is 0 Å². The second-order valence-corrected chi connectivity index (χ2v) is 6.79. The molecule has 2 aromatic heterocycles. The number of aromatic nitrogens is 4. The number of carbonyl (C=O) groups excluding carboxylic acids is 1. The van der Waals surface area contributed by atoms with Gasteiger partial charge in [-0.3, -0.25) is 4.79 Å². The highest BCUT2D eigenvalue weighted by atomic mass is 16.2. The molecule has 7 nitrogen and oxygen atoms in total. The van der Waals surface area contributed by atoms with Crippen molar-refractivity contribution in [2.75, 3.05) is 27.2 Å². The van der Waals surface area contributed by atoms with E-state index in [2.05, 4.69) is 24.8 Å². The third-order valence-corrected chi connectivity index (χ3v) is 4.46. The Balaban J connectivity index is 1.64. The van der Waals surface area contributed by atoms with Gasteiger partial charge in [-0.25, -0.2) is 9.97 Å². The summed E-state index contributed by atoms with van der Waals surface area (Å²) in [5.74, 6) is 0.970. The monoisotopic (exact) mass is 354 g/mol. The van der Waals surface area contributed by atoms with Crippen LogP contribution in [0.15, 0.2) is 30.6 Å². The van der Waals surface area contributed by atoms with E-state index in [9.17, 15) is 4.79 Å². The quantitative estimate of drug-likeness (QED) is 0.649. The summed E-state index contributed by atoms with van der Waals surface area (Å²) in [5, 5.41) is 0. The zero-order valence-corrected chi connectivity index (χ0v) is 15.6. The normalized spacial score (nSPS) is 11.4. The van der Waals surface area contributed by atoms with E-state index in [1.54, 1.807) is 6.33 Å². The van der Waals surface area contributed by atoms with Crippen molar-refractivity contribution >= 4 is 16.9 Å². The van der Waals surface area contributed by atoms with Crippen molar-refractivity contribution in [3.05, 3.63) is 47.8 Å². The molecule has 0 aliphatic heterocycles. The van der Waals surface area contributed by atoms with Gasteiger partial charge in [-0.15, -0.1) is 0 Å². The number of rotatable bonds is 8. The molecular formula is C19H26N6O. The minimum atomic E-state index is 0.120. The molecule has 0 spiro atoms. The lowest BCUT2D eigenvalue weighted by molar-refractivity contribution is -0.132. The van der Waals surface area contributed by atoms with E-state index >= 15 is 0 Å². The smallest absolute Gasteiger partial charge is 0.223 e. The molecule has 0 radical (unpaired) electrons. The number of nitrogens with zero attached hydrogens (tertiary/aromatic N) is 4. The standard InChI is InChI=1S/C19H26N6O/c1-14-17(21-13-20-14)12-25(11-10-24(2)3)19(26)9-8-18-22-15-6-4-5-7-16(15)23-18/h4-7,13H,8-12H2,1-3H3,(H,20,21)(H,22,23). The Hall–Kier alpha value is -2.67. The van der Waals surface area contributed by atoms with Gasteiger partial charge in [0.15, 0.2) is 0 Å². The van der Waals surface area contributed by atoms with Crippen LogP contribution in [0.3, 0.4) is 0 Å². The number of benzene rings is 1. The summed E-state index contributed by atoms with van der Waals surface area (Å²) in [6.07, 6.45) is 2.70. The molecule has 3 rings (SSSR count). The van der Waals surface area contributed by atoms with E-state index in [1.807, 2.05) is 50.2 Å². The molecule has 0 aliphatic rings. The van der Waals surface area contributed by atoms with Crippen LogP contribution >= 0.6 is 0 Å². The Labute approximate surface area is 153 Å². The maximum Gasteiger partial charge on any atom is 0.223 e. The van der Waals surface area contributed by atoms with Crippen LogP contribution in [-0.2, 0) is 17.8 Å². The number of hydrogen-bond donors (Lipinski definition) is 2. The number of para-hydroxylation sites is 2. The van der Waals surface area contributed by atoms with E-state index < -0.39 is 0 Å². The first-order chi connectivity index (χ1) is 12.5. The van der Waals surface area contributed by atoms with Gasteiger partial charge < -0.3 is 19.8 Å². The minimum Gasteiger partial charge on any atom is -0.348 e. The summed E-state index contributed by atoms with van der Waals surface area (Å²) in [4.78, 5) is 32.0. The minimum absolute atomic E-state index is 0.120. The first-order valence-electron chi connectivity index (χ1n) is 8.88. The Kier molecular flexibility index (Phi) is 5.68. The van der Waals surface area contributed by atoms with Gasteiger partial charge in [-0.05, 0) is 33.2 Å². The van der Waals surface area contributed by atoms with Crippen LogP contribution in [-0.4, -0.2) is 62.8 Å². The number of nitrogens with one attached hydrogen (secondary N) is 2. The van der Waals surface area contributed by atoms with Crippen molar-refractivity contribution in [3.8, 4) is 0 Å². The second-order valence-electron chi connectivity index (χ2n) is 6.79. The predicted octanol–water partition coefficient (Wildman–Crippen LogP) is 2.12. The van der Waals surface area contributed by atoms with Crippen molar-refractivity contribution in [2.24, 2.45) is 0 Å². The number of likely N-dealkylation sites (N-methyl/N-ethyl adjacent to an activating group) is 1. The summed E-state index contributed by atoms with van der Waals surface area (Å²) in [7, 11) is 4.02. The molecule has 2 heterocycles. The molecule has 138 valence electrons. The summed E-state index contributed by atoms with van der Waals surface area (Å²) < 4.78 is 0. The largest absolute Gasteiger partial charge is 0.348 e. The third-order valence-electron chi connectivity index (χ3n) is 4.46. The molecule has 2 N–H and O–H groups in total. The number of amides is 1. The van der Waals surface area contributed by atoms with Crippen LogP contribution in [0, 0.1) is 6.92 Å². The fourth-order valence-electron chi connectivity index (χ4n) is 2.85. The number of imidazole rings is 2. The number of carbonyl (C=O) groups is 1. The lowest BCUT2D eigenvalue weighted by Gasteiger charge is -2.24. The van der Waals surface area contributed by atoms with Gasteiger partial charge in [0.2, 0.25) is 5.91 Å². The van der Waals surface area contributed by atoms with E-state index in [4.69, 9.17) is 0 Å². The summed E-state index contributed by atoms with van der Waals surface area (Å²) in [6, 6.07) is 7.91. The second kappa shape index (κ2) is 8.14. The first-order valence-corrected chi connectivity index (χ1v) is 8.88. The average molecular weight is 354 g/mol. The molecule has 0 saturated carbocycles. The highest BCUT2D eigenvalue weighted by Crippen LogP contribution is 2.13. The number of H-pyrrole nitrogens is 2. The third kappa shape index (κ3) is 4.49. The molecule has 0 unspecified atom stereocenters. The van der Waals surface area contributed by atoms with E-state index in [0.717, 1.165) is 34.8 Å². The number of fused-ring (bicyclic) bond motifs is 1. The lowest BCUT2D eigenvalue weighted by atomic mass is 10.2. The van der Waals surface area contributed by atoms with Gasteiger partial charge in [0.1, 0.15) is 5.82 Å². The average Bonchev–Trinajstić information content (AvgIpc) is 3.21. The van der Waals surface area contributed by atoms with E-state index in [1.165, 1.54) is 0 Å². The van der Waals surface area contributed by atoms with Crippen molar-refractivity contribution < 1.29 is 4.79 Å². The number of hydrogen-bond acceptors (Lipinski definition) is 4. The van der Waals surface area contributed by atoms with Gasteiger partial charge in [0, 0.05) is 31.6 Å². The summed E-state index contributed by atoms with van der Waals surface area (Å²) in [5.41, 5.74) is 3.86. The highest BCUT2D eigenvalue weighted by Gasteiger charge is 2.17. The molecule has 0 fully saturated rings. The Morgan fingerprint density at radius 3 is 2.69 bits per heavy atom. The SMILES string of the molecule is Cc1[nH]cnc1CN(CCN(C)C)C(=O)CCc1nc2ccccc2[nH]1. The van der Waals surface area contributed by atoms with Crippen molar-refractivity contribution in [1.29, 1.82) is 0 Å². The Morgan fingerprint density at radius 2 is 2.00 bits per heavy atom. The fourth-order valence-corrected chi connectivity index (χ4v) is 2.85. The van der Waals surface area contributed by atoms with Gasteiger partial charge in [-0.1, -0.05) is 12.1 Å². The molecule has 1 aromatic carbocycles. The fraction of sp³-hybridized carbons (Fsp3) is 0.421. The first kappa shape index (κ1) is 18.1. The van der Waals surface area contributed by atoms with Crippen molar-refractivity contribution in [2.45, 2.75) is 26.3 Å². The highest BCUT2D eigenvalue weighted by molar-refractivity contribution is 5.77. The Bertz CT molecular complexity index is 833. The van der Waals surface area contributed by atoms with Crippen LogP contribution < -0.4 is 0 Å². The molecule has 1 amide bonds. The molecule has 0 saturated heterocycles. The predicted molar refractivity (Wildman–Crippen MR) is 102 cm³/mol. The zero-order valence-electron chi connectivity index (χ0n) is 15.6. The van der Waals surface area contributed by atoms with Gasteiger partial charge >= 0.3 is 0 Å². The van der Waals surface area contributed by atoms with Crippen LogP contribution in [0.1, 0.15) is 23.6 Å². The van der Waals surface area contributed by atoms with Crippen LogP contribution in [0.25, 0.3) is 11.0 Å². The molecule has 0 atom stereocenters. The molecule has 26 heavy (non-hydrogen) atoms. The zero-order chi connectivity index (χ0) is 18.5. The van der Waals surface area contributed by atoms with Gasteiger partial charge in [0.25, 0.3) is 0 Å². The summed E-state index contributed by atoms with van der Waals surface area (Å²) >= 11 is 0. The molecular weight excluding hydrogens is 328 g/mol. The van der Waals surface area contributed by atoms with E-state index in [0.29, 0.717) is 25.9 Å². The Morgan fingerprint density at radius 1 is 1.19 bits per heavy atom. The maximum atomic E-state index is 12.8. The molecule has 3 aromatic rings. The van der Waals surface area contributed by atoms with Crippen molar-refractivity contribution in [3.63, 3.8) is 0 Å². The topological polar surface area (TPSA) is 80.9 Å². The lowest BCUT2D eigenvalue weighted by Crippen LogP contribution is -2.36. The molecule has 7 heteroatoms. The number of aryl methyl sites for hydroxylation is 2.